The molecule has 2 heterocycles. The predicted octanol–water partition coefficient (Wildman–Crippen LogP) is 2.47. The van der Waals surface area contributed by atoms with Crippen molar-refractivity contribution in [2.24, 2.45) is 0 Å². The maximum absolute atomic E-state index is 11.9. The summed E-state index contributed by atoms with van der Waals surface area (Å²) in [4.78, 5) is 48.6. The molecule has 4 rings (SSSR count). The van der Waals surface area contributed by atoms with E-state index in [1.165, 1.54) is 9.91 Å². The lowest BCUT2D eigenvalue weighted by Crippen LogP contribution is -2.43. The lowest BCUT2D eigenvalue weighted by molar-refractivity contribution is -0.140. The number of amides is 4. The number of carbonyl (C=O) groups excluding carboxylic acids is 4. The fourth-order valence-corrected chi connectivity index (χ4v) is 4.02. The molecule has 31 heavy (non-hydrogen) atoms. The fraction of sp³-hybridized carbons (Fsp3) is 0.333. The quantitative estimate of drug-likeness (QED) is 0.645. The van der Waals surface area contributed by atoms with Crippen LogP contribution in [0.1, 0.15) is 42.4 Å². The zero-order valence-corrected chi connectivity index (χ0v) is 17.5. The van der Waals surface area contributed by atoms with Crippen molar-refractivity contribution in [3.63, 3.8) is 0 Å². The van der Waals surface area contributed by atoms with E-state index in [1.807, 2.05) is 36.4 Å². The van der Waals surface area contributed by atoms with E-state index in [1.54, 1.807) is 12.1 Å². The van der Waals surface area contributed by atoms with Crippen LogP contribution in [0.15, 0.2) is 48.5 Å². The van der Waals surface area contributed by atoms with E-state index >= 15 is 0 Å². The van der Waals surface area contributed by atoms with Crippen LogP contribution in [-0.4, -0.2) is 47.1 Å². The highest BCUT2D eigenvalue weighted by molar-refractivity contribution is 6.03. The normalized spacial score (nSPS) is 16.5. The van der Waals surface area contributed by atoms with Crippen LogP contribution in [0.4, 0.5) is 5.69 Å². The molecule has 2 aromatic carbocycles. The van der Waals surface area contributed by atoms with Gasteiger partial charge in [0, 0.05) is 39.3 Å². The minimum absolute atomic E-state index is 0.0748. The molecule has 2 aromatic rings. The highest BCUT2D eigenvalue weighted by Crippen LogP contribution is 2.22. The summed E-state index contributed by atoms with van der Waals surface area (Å²) in [6.07, 6.45) is 2.61. The van der Waals surface area contributed by atoms with Crippen molar-refractivity contribution in [3.05, 3.63) is 65.2 Å². The molecule has 160 valence electrons. The molecule has 0 N–H and O–H groups in total. The number of anilines is 1. The smallest absolute Gasteiger partial charge is 0.248 e. The third kappa shape index (κ3) is 4.50. The Bertz CT molecular complexity index is 982. The van der Waals surface area contributed by atoms with Gasteiger partial charge < -0.3 is 0 Å². The van der Waals surface area contributed by atoms with Crippen molar-refractivity contribution in [1.29, 1.82) is 0 Å². The molecule has 0 atom stereocenters. The van der Waals surface area contributed by atoms with E-state index in [2.05, 4.69) is 12.1 Å². The van der Waals surface area contributed by atoms with Crippen LogP contribution >= 0.6 is 0 Å². The average Bonchev–Trinajstić information content (AvgIpc) is 3.28. The Morgan fingerprint density at radius 2 is 1.13 bits per heavy atom. The van der Waals surface area contributed by atoms with Crippen LogP contribution in [0, 0.1) is 0 Å². The molecule has 0 unspecified atom stereocenters. The monoisotopic (exact) mass is 419 g/mol. The summed E-state index contributed by atoms with van der Waals surface area (Å²) < 4.78 is 0. The molecule has 0 aliphatic carbocycles. The van der Waals surface area contributed by atoms with Gasteiger partial charge in [-0.15, -0.1) is 0 Å². The molecule has 0 spiro atoms. The highest BCUT2D eigenvalue weighted by Gasteiger charge is 2.32. The minimum Gasteiger partial charge on any atom is -0.282 e. The number of hydrogen-bond acceptors (Lipinski definition) is 5. The zero-order valence-electron chi connectivity index (χ0n) is 17.5. The number of likely N-dealkylation sites (tertiary alicyclic amines) is 1. The third-order valence-electron chi connectivity index (χ3n) is 5.85. The summed E-state index contributed by atoms with van der Waals surface area (Å²) in [7, 11) is 1.72. The second-order valence-electron chi connectivity index (χ2n) is 7.97. The summed E-state index contributed by atoms with van der Waals surface area (Å²) in [6.45, 7) is 0.439. The Kier molecular flexibility index (Phi) is 5.84. The predicted molar refractivity (Wildman–Crippen MR) is 115 cm³/mol. The summed E-state index contributed by atoms with van der Waals surface area (Å²) >= 11 is 0. The van der Waals surface area contributed by atoms with E-state index in [0.717, 1.165) is 28.8 Å². The average molecular weight is 419 g/mol. The number of rotatable bonds is 7. The van der Waals surface area contributed by atoms with Crippen LogP contribution in [-0.2, 0) is 32.0 Å². The van der Waals surface area contributed by atoms with Crippen molar-refractivity contribution < 1.29 is 19.2 Å². The van der Waals surface area contributed by atoms with Crippen LogP contribution < -0.4 is 5.01 Å². The Labute approximate surface area is 181 Å². The number of hydrazine groups is 1. The van der Waals surface area contributed by atoms with Gasteiger partial charge >= 0.3 is 0 Å². The van der Waals surface area contributed by atoms with Crippen molar-refractivity contribution in [2.45, 2.75) is 38.5 Å². The number of carbonyl (C=O) groups is 4. The van der Waals surface area contributed by atoms with Gasteiger partial charge in [0.05, 0.1) is 5.69 Å². The summed E-state index contributed by atoms with van der Waals surface area (Å²) in [5.41, 5.74) is 4.15. The molecule has 2 saturated heterocycles. The van der Waals surface area contributed by atoms with Crippen molar-refractivity contribution in [1.82, 2.24) is 9.91 Å². The summed E-state index contributed by atoms with van der Waals surface area (Å²) in [5, 5.41) is 2.81. The maximum Gasteiger partial charge on any atom is 0.248 e. The molecule has 0 radical (unpaired) electrons. The minimum atomic E-state index is -0.171. The number of nitrogens with zero attached hydrogens (tertiary/aromatic N) is 3. The van der Waals surface area contributed by atoms with E-state index in [9.17, 15) is 19.2 Å². The molecule has 0 bridgehead atoms. The first-order valence-electron chi connectivity index (χ1n) is 10.5. The first-order valence-corrected chi connectivity index (χ1v) is 10.5. The van der Waals surface area contributed by atoms with Crippen LogP contribution in [0.5, 0.6) is 0 Å². The Morgan fingerprint density at radius 1 is 0.677 bits per heavy atom. The van der Waals surface area contributed by atoms with E-state index in [-0.39, 0.29) is 36.5 Å². The van der Waals surface area contributed by atoms with Gasteiger partial charge in [-0.05, 0) is 41.7 Å². The zero-order chi connectivity index (χ0) is 22.0. The maximum atomic E-state index is 11.9. The molecule has 0 aromatic heterocycles. The lowest BCUT2D eigenvalue weighted by atomic mass is 10.0. The highest BCUT2D eigenvalue weighted by atomic mass is 16.2. The first-order chi connectivity index (χ1) is 14.9. The van der Waals surface area contributed by atoms with Gasteiger partial charge in [0.15, 0.2) is 0 Å². The van der Waals surface area contributed by atoms with Crippen LogP contribution in [0.2, 0.25) is 0 Å². The van der Waals surface area contributed by atoms with Gasteiger partial charge in [-0.1, -0.05) is 36.4 Å². The fourth-order valence-electron chi connectivity index (χ4n) is 4.02. The summed E-state index contributed by atoms with van der Waals surface area (Å²) in [5.74, 6) is -0.492. The molecule has 4 amide bonds. The van der Waals surface area contributed by atoms with Gasteiger partial charge in [-0.25, -0.2) is 0 Å². The van der Waals surface area contributed by atoms with Crippen molar-refractivity contribution in [2.75, 3.05) is 18.6 Å². The van der Waals surface area contributed by atoms with Crippen LogP contribution in [0.3, 0.4) is 0 Å². The molecule has 2 fully saturated rings. The van der Waals surface area contributed by atoms with Gasteiger partial charge in [-0.2, -0.15) is 5.01 Å². The largest absolute Gasteiger partial charge is 0.282 e. The molecule has 7 heteroatoms. The standard InChI is InChI=1S/C24H25N3O4/c1-25(27-23(30)12-13-24(27)31)20-8-6-19(7-9-20)16-18-4-2-17(3-5-18)14-15-26-21(28)10-11-22(26)29/h2-9H,10-16H2,1H3. The molecular weight excluding hydrogens is 394 g/mol. The second-order valence-corrected chi connectivity index (χ2v) is 7.97. The molecular formula is C24H25N3O4. The molecule has 7 nitrogen and oxygen atoms in total. The number of benzene rings is 2. The Morgan fingerprint density at radius 3 is 1.68 bits per heavy atom. The van der Waals surface area contributed by atoms with Gasteiger partial charge in [0.25, 0.3) is 0 Å². The van der Waals surface area contributed by atoms with Crippen molar-refractivity contribution >= 4 is 29.3 Å². The Hall–Kier alpha value is -3.48. The van der Waals surface area contributed by atoms with E-state index < -0.39 is 0 Å². The van der Waals surface area contributed by atoms with E-state index in [0.29, 0.717) is 25.8 Å². The Balaban J connectivity index is 1.34. The number of hydrogen-bond donors (Lipinski definition) is 0. The van der Waals surface area contributed by atoms with Crippen LogP contribution in [0.25, 0.3) is 0 Å². The summed E-state index contributed by atoms with van der Waals surface area (Å²) in [6, 6.07) is 16.0. The molecule has 2 aliphatic heterocycles. The lowest BCUT2D eigenvalue weighted by Gasteiger charge is -2.28. The first kappa shape index (κ1) is 20.8. The van der Waals surface area contributed by atoms with Crippen molar-refractivity contribution in [3.8, 4) is 0 Å². The number of imide groups is 2. The molecule has 2 aliphatic rings. The second kappa shape index (κ2) is 8.71. The van der Waals surface area contributed by atoms with E-state index in [4.69, 9.17) is 0 Å². The van der Waals surface area contributed by atoms with Gasteiger partial charge in [0.2, 0.25) is 23.6 Å². The third-order valence-corrected chi connectivity index (χ3v) is 5.85. The topological polar surface area (TPSA) is 78.0 Å². The van der Waals surface area contributed by atoms with Gasteiger partial charge in [0.1, 0.15) is 0 Å². The molecule has 0 saturated carbocycles. The SMILES string of the molecule is CN(c1ccc(Cc2ccc(CCN3C(=O)CCC3=O)cc2)cc1)N1C(=O)CCC1=O. The van der Waals surface area contributed by atoms with Gasteiger partial charge in [-0.3, -0.25) is 29.1 Å².